The maximum absolute atomic E-state index is 13.1. The summed E-state index contributed by atoms with van der Waals surface area (Å²) in [6, 6.07) is 8.34. The molecule has 174 valence electrons. The van der Waals surface area contributed by atoms with Crippen LogP contribution in [0.2, 0.25) is 0 Å². The quantitative estimate of drug-likeness (QED) is 0.412. The van der Waals surface area contributed by atoms with Crippen LogP contribution in [0.1, 0.15) is 28.9 Å². The minimum atomic E-state index is 0.0371. The molecule has 34 heavy (non-hydrogen) atoms. The molecule has 1 aliphatic heterocycles. The SMILES string of the molecule is CN(C)C1CCN(c2cc(C(=O)Cc3cc4cc(-c5cnn(C)c5)cnc4cn3)ccn2)CC1. The largest absolute Gasteiger partial charge is 0.356 e. The summed E-state index contributed by atoms with van der Waals surface area (Å²) >= 11 is 0. The Balaban J connectivity index is 1.32. The minimum Gasteiger partial charge on any atom is -0.356 e. The zero-order valence-electron chi connectivity index (χ0n) is 19.8. The highest BCUT2D eigenvalue weighted by atomic mass is 16.1. The molecule has 8 nitrogen and oxygen atoms in total. The molecule has 4 aromatic heterocycles. The molecular formula is C26H29N7O. The predicted octanol–water partition coefficient (Wildman–Crippen LogP) is 3.38. The number of hydrogen-bond acceptors (Lipinski definition) is 7. The predicted molar refractivity (Wildman–Crippen MR) is 133 cm³/mol. The van der Waals surface area contributed by atoms with Crippen molar-refractivity contribution >= 4 is 22.5 Å². The van der Waals surface area contributed by atoms with Gasteiger partial charge in [-0.2, -0.15) is 5.10 Å². The first-order valence-corrected chi connectivity index (χ1v) is 11.6. The summed E-state index contributed by atoms with van der Waals surface area (Å²) in [6.07, 6.45) is 11.5. The van der Waals surface area contributed by atoms with Gasteiger partial charge >= 0.3 is 0 Å². The van der Waals surface area contributed by atoms with Crippen LogP contribution in [-0.2, 0) is 13.5 Å². The van der Waals surface area contributed by atoms with Gasteiger partial charge in [0.05, 0.1) is 24.3 Å². The summed E-state index contributed by atoms with van der Waals surface area (Å²) in [4.78, 5) is 31.2. The molecule has 0 bridgehead atoms. The number of rotatable bonds is 6. The number of carbonyl (C=O) groups is 1. The Morgan fingerprint density at radius 1 is 1.03 bits per heavy atom. The molecule has 0 amide bonds. The van der Waals surface area contributed by atoms with Crippen molar-refractivity contribution in [3.05, 3.63) is 66.5 Å². The van der Waals surface area contributed by atoms with Gasteiger partial charge in [0, 0.05) is 72.5 Å². The second-order valence-electron chi connectivity index (χ2n) is 9.18. The Bertz CT molecular complexity index is 1320. The number of fused-ring (bicyclic) bond motifs is 1. The summed E-state index contributed by atoms with van der Waals surface area (Å²) in [5.41, 5.74) is 4.19. The van der Waals surface area contributed by atoms with Crippen molar-refractivity contribution in [3.8, 4) is 11.1 Å². The molecule has 4 aromatic rings. The second kappa shape index (κ2) is 9.30. The number of piperidine rings is 1. The topological polar surface area (TPSA) is 80.0 Å². The molecule has 1 aliphatic rings. The van der Waals surface area contributed by atoms with Crippen molar-refractivity contribution in [2.45, 2.75) is 25.3 Å². The summed E-state index contributed by atoms with van der Waals surface area (Å²) in [6.45, 7) is 1.90. The number of aromatic nitrogens is 5. The zero-order chi connectivity index (χ0) is 23.7. The third kappa shape index (κ3) is 4.68. The van der Waals surface area contributed by atoms with Crippen LogP contribution in [0.3, 0.4) is 0 Å². The molecule has 8 heteroatoms. The van der Waals surface area contributed by atoms with Crippen molar-refractivity contribution in [1.82, 2.24) is 29.6 Å². The monoisotopic (exact) mass is 455 g/mol. The molecule has 5 heterocycles. The van der Waals surface area contributed by atoms with E-state index in [1.807, 2.05) is 37.8 Å². The number of nitrogens with zero attached hydrogens (tertiary/aromatic N) is 7. The number of Topliss-reactive ketones (excluding diaryl/α,β-unsaturated/α-hetero) is 1. The van der Waals surface area contributed by atoms with Crippen LogP contribution in [0.15, 0.2) is 55.2 Å². The van der Waals surface area contributed by atoms with E-state index < -0.39 is 0 Å². The summed E-state index contributed by atoms with van der Waals surface area (Å²) < 4.78 is 1.77. The number of aryl methyl sites for hydroxylation is 1. The third-order valence-corrected chi connectivity index (χ3v) is 6.59. The average Bonchev–Trinajstić information content (AvgIpc) is 3.30. The molecular weight excluding hydrogens is 426 g/mol. The van der Waals surface area contributed by atoms with Gasteiger partial charge in [-0.25, -0.2) is 4.98 Å². The Kier molecular flexibility index (Phi) is 6.06. The lowest BCUT2D eigenvalue weighted by molar-refractivity contribution is 0.0992. The standard InChI is InChI=1S/C26H29N7O/c1-31(2)23-5-8-33(9-6-23)26-12-18(4-7-27-26)25(34)13-22-11-19-10-20(14-29-24(19)16-28-22)21-15-30-32(3)17-21/h4,7,10-12,14-17,23H,5-6,8-9,13H2,1-3H3. The molecule has 1 fully saturated rings. The van der Waals surface area contributed by atoms with Crippen LogP contribution in [0.5, 0.6) is 0 Å². The summed E-state index contributed by atoms with van der Waals surface area (Å²) in [5, 5.41) is 5.19. The van der Waals surface area contributed by atoms with Gasteiger partial charge in [-0.1, -0.05) is 0 Å². The Labute approximate surface area is 199 Å². The minimum absolute atomic E-state index is 0.0371. The smallest absolute Gasteiger partial charge is 0.169 e. The molecule has 0 aromatic carbocycles. The van der Waals surface area contributed by atoms with Crippen molar-refractivity contribution in [3.63, 3.8) is 0 Å². The first kappa shape index (κ1) is 22.2. The van der Waals surface area contributed by atoms with Gasteiger partial charge in [-0.15, -0.1) is 0 Å². The van der Waals surface area contributed by atoms with Gasteiger partial charge in [-0.05, 0) is 51.2 Å². The van der Waals surface area contributed by atoms with E-state index in [1.54, 1.807) is 23.1 Å². The molecule has 0 aliphatic carbocycles. The van der Waals surface area contributed by atoms with Crippen LogP contribution in [-0.4, -0.2) is 68.6 Å². The van der Waals surface area contributed by atoms with Crippen molar-refractivity contribution < 1.29 is 4.79 Å². The van der Waals surface area contributed by atoms with Gasteiger partial charge in [0.25, 0.3) is 0 Å². The van der Waals surface area contributed by atoms with E-state index in [9.17, 15) is 4.79 Å². The molecule has 1 saturated heterocycles. The maximum atomic E-state index is 13.1. The highest BCUT2D eigenvalue weighted by molar-refractivity contribution is 5.98. The van der Waals surface area contributed by atoms with Gasteiger partial charge < -0.3 is 9.80 Å². The summed E-state index contributed by atoms with van der Waals surface area (Å²) in [5.74, 6) is 0.912. The highest BCUT2D eigenvalue weighted by Crippen LogP contribution is 2.24. The van der Waals surface area contributed by atoms with Crippen LogP contribution in [0, 0.1) is 0 Å². The van der Waals surface area contributed by atoms with E-state index >= 15 is 0 Å². The number of anilines is 1. The maximum Gasteiger partial charge on any atom is 0.169 e. The molecule has 0 radical (unpaired) electrons. The number of carbonyl (C=O) groups excluding carboxylic acids is 1. The van der Waals surface area contributed by atoms with Gasteiger partial charge in [0.2, 0.25) is 0 Å². The molecule has 0 saturated carbocycles. The zero-order valence-corrected chi connectivity index (χ0v) is 19.8. The lowest BCUT2D eigenvalue weighted by Gasteiger charge is -2.35. The highest BCUT2D eigenvalue weighted by Gasteiger charge is 2.22. The van der Waals surface area contributed by atoms with Crippen LogP contribution >= 0.6 is 0 Å². The molecule has 0 spiro atoms. The average molecular weight is 456 g/mol. The fourth-order valence-corrected chi connectivity index (χ4v) is 4.54. The van der Waals surface area contributed by atoms with E-state index in [0.29, 0.717) is 11.6 Å². The van der Waals surface area contributed by atoms with Gasteiger partial charge in [0.1, 0.15) is 5.82 Å². The van der Waals surface area contributed by atoms with Crippen LogP contribution < -0.4 is 4.90 Å². The van der Waals surface area contributed by atoms with Crippen LogP contribution in [0.25, 0.3) is 22.0 Å². The van der Waals surface area contributed by atoms with Crippen molar-refractivity contribution in [2.24, 2.45) is 7.05 Å². The molecule has 0 unspecified atom stereocenters. The van der Waals surface area contributed by atoms with Crippen LogP contribution in [0.4, 0.5) is 5.82 Å². The number of ketones is 1. The Morgan fingerprint density at radius 2 is 1.85 bits per heavy atom. The van der Waals surface area contributed by atoms with Crippen molar-refractivity contribution in [2.75, 3.05) is 32.1 Å². The molecule has 0 N–H and O–H groups in total. The molecule has 5 rings (SSSR count). The number of pyridine rings is 3. The van der Waals surface area contributed by atoms with E-state index in [4.69, 9.17) is 0 Å². The third-order valence-electron chi connectivity index (χ3n) is 6.59. The first-order chi connectivity index (χ1) is 16.5. The lowest BCUT2D eigenvalue weighted by atomic mass is 10.0. The Hall–Kier alpha value is -3.65. The molecule has 0 atom stereocenters. The summed E-state index contributed by atoms with van der Waals surface area (Å²) in [7, 11) is 6.16. The number of hydrogen-bond donors (Lipinski definition) is 0. The fourth-order valence-electron chi connectivity index (χ4n) is 4.54. The van der Waals surface area contributed by atoms with E-state index in [1.165, 1.54) is 0 Å². The van der Waals surface area contributed by atoms with E-state index in [2.05, 4.69) is 50.0 Å². The second-order valence-corrected chi connectivity index (χ2v) is 9.18. The van der Waals surface area contributed by atoms with E-state index in [-0.39, 0.29) is 12.2 Å². The van der Waals surface area contributed by atoms with Crippen molar-refractivity contribution in [1.29, 1.82) is 0 Å². The van der Waals surface area contributed by atoms with Gasteiger partial charge in [-0.3, -0.25) is 19.4 Å². The fraction of sp³-hybridized carbons (Fsp3) is 0.346. The van der Waals surface area contributed by atoms with Gasteiger partial charge in [0.15, 0.2) is 5.78 Å². The first-order valence-electron chi connectivity index (χ1n) is 11.6. The Morgan fingerprint density at radius 3 is 2.59 bits per heavy atom. The normalized spacial score (nSPS) is 14.8. The lowest BCUT2D eigenvalue weighted by Crippen LogP contribution is -2.42. The van der Waals surface area contributed by atoms with E-state index in [0.717, 1.165) is 59.5 Å².